The summed E-state index contributed by atoms with van der Waals surface area (Å²) < 4.78 is 0.729. The van der Waals surface area contributed by atoms with E-state index >= 15 is 0 Å². The van der Waals surface area contributed by atoms with Gasteiger partial charge in [0.1, 0.15) is 5.82 Å². The molecule has 2 N–H and O–H groups in total. The zero-order valence-electron chi connectivity index (χ0n) is 9.99. The van der Waals surface area contributed by atoms with Gasteiger partial charge in [-0.05, 0) is 25.0 Å². The Morgan fingerprint density at radius 2 is 2.00 bits per heavy atom. The molecule has 2 heterocycles. The number of anilines is 1. The number of nitrogens with zero attached hydrogens (tertiary/aromatic N) is 2. The van der Waals surface area contributed by atoms with Gasteiger partial charge in [-0.15, -0.1) is 11.3 Å². The standard InChI is InChI=1S/C12H14ClN3S/c1-6(2)10-7(3)15-12(16-11(10)14)8-4-5-9(13)17-8/h4-6H,1-3H3,(H2,14,15,16). The molecule has 2 rings (SSSR count). The van der Waals surface area contributed by atoms with Crippen LogP contribution in [0, 0.1) is 6.92 Å². The van der Waals surface area contributed by atoms with Crippen molar-refractivity contribution in [2.24, 2.45) is 0 Å². The van der Waals surface area contributed by atoms with Crippen LogP contribution in [0.5, 0.6) is 0 Å². The average Bonchev–Trinajstić information content (AvgIpc) is 2.63. The molecule has 0 aromatic carbocycles. The number of nitrogen functional groups attached to an aromatic ring is 1. The van der Waals surface area contributed by atoms with Crippen LogP contribution in [0.25, 0.3) is 10.7 Å². The molecule has 0 atom stereocenters. The Morgan fingerprint density at radius 1 is 1.29 bits per heavy atom. The van der Waals surface area contributed by atoms with E-state index in [4.69, 9.17) is 17.3 Å². The molecule has 0 saturated heterocycles. The fourth-order valence-electron chi connectivity index (χ4n) is 1.86. The molecule has 17 heavy (non-hydrogen) atoms. The molecule has 90 valence electrons. The number of rotatable bonds is 2. The van der Waals surface area contributed by atoms with Crippen LogP contribution in [-0.4, -0.2) is 9.97 Å². The number of halogens is 1. The van der Waals surface area contributed by atoms with Gasteiger partial charge >= 0.3 is 0 Å². The summed E-state index contributed by atoms with van der Waals surface area (Å²) >= 11 is 7.36. The number of thiophene rings is 1. The van der Waals surface area contributed by atoms with Gasteiger partial charge in [0.25, 0.3) is 0 Å². The maximum atomic E-state index is 5.99. The van der Waals surface area contributed by atoms with E-state index in [9.17, 15) is 0 Å². The molecule has 2 aromatic heterocycles. The van der Waals surface area contributed by atoms with Crippen LogP contribution in [0.15, 0.2) is 12.1 Å². The molecule has 0 aliphatic rings. The summed E-state index contributed by atoms with van der Waals surface area (Å²) in [7, 11) is 0. The minimum Gasteiger partial charge on any atom is -0.383 e. The lowest BCUT2D eigenvalue weighted by atomic mass is 10.0. The van der Waals surface area contributed by atoms with Gasteiger partial charge in [-0.1, -0.05) is 25.4 Å². The lowest BCUT2D eigenvalue weighted by Crippen LogP contribution is -2.06. The summed E-state index contributed by atoms with van der Waals surface area (Å²) in [4.78, 5) is 9.80. The summed E-state index contributed by atoms with van der Waals surface area (Å²) in [5.41, 5.74) is 7.95. The van der Waals surface area contributed by atoms with Crippen molar-refractivity contribution < 1.29 is 0 Å². The van der Waals surface area contributed by atoms with Crippen LogP contribution in [0.4, 0.5) is 5.82 Å². The van der Waals surface area contributed by atoms with Gasteiger partial charge in [-0.25, -0.2) is 9.97 Å². The fourth-order valence-corrected chi connectivity index (χ4v) is 2.84. The first-order valence-corrected chi connectivity index (χ1v) is 6.58. The van der Waals surface area contributed by atoms with E-state index in [1.165, 1.54) is 11.3 Å². The molecule has 5 heteroatoms. The summed E-state index contributed by atoms with van der Waals surface area (Å²) in [5.74, 6) is 1.55. The van der Waals surface area contributed by atoms with Crippen LogP contribution >= 0.6 is 22.9 Å². The highest BCUT2D eigenvalue weighted by Gasteiger charge is 2.14. The van der Waals surface area contributed by atoms with Crippen LogP contribution in [-0.2, 0) is 0 Å². The van der Waals surface area contributed by atoms with Crippen molar-refractivity contribution in [1.82, 2.24) is 9.97 Å². The van der Waals surface area contributed by atoms with E-state index in [0.717, 1.165) is 20.5 Å². The van der Waals surface area contributed by atoms with Crippen LogP contribution in [0.2, 0.25) is 4.34 Å². The van der Waals surface area contributed by atoms with Gasteiger partial charge in [-0.2, -0.15) is 0 Å². The second kappa shape index (κ2) is 4.63. The lowest BCUT2D eigenvalue weighted by molar-refractivity contribution is 0.836. The van der Waals surface area contributed by atoms with Crippen molar-refractivity contribution in [3.05, 3.63) is 27.7 Å². The highest BCUT2D eigenvalue weighted by molar-refractivity contribution is 7.19. The smallest absolute Gasteiger partial charge is 0.171 e. The predicted molar refractivity (Wildman–Crippen MR) is 73.6 cm³/mol. The maximum Gasteiger partial charge on any atom is 0.171 e. The maximum absolute atomic E-state index is 5.99. The molecule has 0 unspecified atom stereocenters. The Labute approximate surface area is 110 Å². The molecule has 0 fully saturated rings. The number of hydrogen-bond acceptors (Lipinski definition) is 4. The van der Waals surface area contributed by atoms with Gasteiger partial charge in [-0.3, -0.25) is 0 Å². The van der Waals surface area contributed by atoms with Gasteiger partial charge in [0, 0.05) is 11.3 Å². The summed E-state index contributed by atoms with van der Waals surface area (Å²) in [5, 5.41) is 0. The Hall–Kier alpha value is -1.13. The van der Waals surface area contributed by atoms with E-state index < -0.39 is 0 Å². The molecule has 0 spiro atoms. The van der Waals surface area contributed by atoms with Crippen molar-refractivity contribution in [2.75, 3.05) is 5.73 Å². The molecular weight excluding hydrogens is 254 g/mol. The largest absolute Gasteiger partial charge is 0.383 e. The van der Waals surface area contributed by atoms with Crippen LogP contribution in [0.1, 0.15) is 31.0 Å². The Morgan fingerprint density at radius 3 is 2.47 bits per heavy atom. The first-order chi connectivity index (χ1) is 7.99. The van der Waals surface area contributed by atoms with Crippen molar-refractivity contribution in [3.63, 3.8) is 0 Å². The number of aryl methyl sites for hydroxylation is 1. The predicted octanol–water partition coefficient (Wildman–Crippen LogP) is 3.87. The minimum atomic E-state index is 0.330. The Balaban J connectivity index is 2.52. The van der Waals surface area contributed by atoms with E-state index in [-0.39, 0.29) is 0 Å². The molecule has 0 aliphatic carbocycles. The fraction of sp³-hybridized carbons (Fsp3) is 0.333. The van der Waals surface area contributed by atoms with E-state index in [1.807, 2.05) is 19.1 Å². The zero-order valence-corrected chi connectivity index (χ0v) is 11.6. The number of hydrogen-bond donors (Lipinski definition) is 1. The first kappa shape index (κ1) is 12.3. The molecule has 0 saturated carbocycles. The molecule has 0 radical (unpaired) electrons. The molecule has 0 amide bonds. The second-order valence-corrected chi connectivity index (χ2v) is 5.91. The molecule has 2 aromatic rings. The number of nitrogens with two attached hydrogens (primary N) is 1. The van der Waals surface area contributed by atoms with Crippen molar-refractivity contribution in [1.29, 1.82) is 0 Å². The normalized spacial score (nSPS) is 11.1. The second-order valence-electron chi connectivity index (χ2n) is 4.19. The van der Waals surface area contributed by atoms with Crippen molar-refractivity contribution in [3.8, 4) is 10.7 Å². The third kappa shape index (κ3) is 2.42. The average molecular weight is 268 g/mol. The molecule has 0 bridgehead atoms. The lowest BCUT2D eigenvalue weighted by Gasteiger charge is -2.12. The monoisotopic (exact) mass is 267 g/mol. The van der Waals surface area contributed by atoms with Gasteiger partial charge in [0.2, 0.25) is 0 Å². The first-order valence-electron chi connectivity index (χ1n) is 5.38. The molecule has 0 aliphatic heterocycles. The van der Waals surface area contributed by atoms with Crippen LogP contribution in [0.3, 0.4) is 0 Å². The highest BCUT2D eigenvalue weighted by Crippen LogP contribution is 2.31. The van der Waals surface area contributed by atoms with Gasteiger partial charge in [0.15, 0.2) is 5.82 Å². The van der Waals surface area contributed by atoms with E-state index in [2.05, 4.69) is 23.8 Å². The van der Waals surface area contributed by atoms with E-state index in [1.54, 1.807) is 0 Å². The zero-order chi connectivity index (χ0) is 12.6. The molecule has 3 nitrogen and oxygen atoms in total. The summed E-state index contributed by atoms with van der Waals surface area (Å²) in [6.07, 6.45) is 0. The summed E-state index contributed by atoms with van der Waals surface area (Å²) in [6.45, 7) is 6.14. The summed E-state index contributed by atoms with van der Waals surface area (Å²) in [6, 6.07) is 3.75. The van der Waals surface area contributed by atoms with Crippen molar-refractivity contribution in [2.45, 2.75) is 26.7 Å². The third-order valence-electron chi connectivity index (χ3n) is 2.54. The van der Waals surface area contributed by atoms with E-state index in [0.29, 0.717) is 17.6 Å². The van der Waals surface area contributed by atoms with Crippen molar-refractivity contribution >= 4 is 28.8 Å². The minimum absolute atomic E-state index is 0.330. The Bertz CT molecular complexity index is 525. The molecular formula is C12H14ClN3S. The van der Waals surface area contributed by atoms with Crippen LogP contribution < -0.4 is 5.73 Å². The third-order valence-corrected chi connectivity index (χ3v) is 3.76. The number of aromatic nitrogens is 2. The SMILES string of the molecule is Cc1nc(-c2ccc(Cl)s2)nc(N)c1C(C)C. The topological polar surface area (TPSA) is 51.8 Å². The van der Waals surface area contributed by atoms with Gasteiger partial charge in [0.05, 0.1) is 9.21 Å². The quantitative estimate of drug-likeness (QED) is 0.899. The highest BCUT2D eigenvalue weighted by atomic mass is 35.5. The Kier molecular flexibility index (Phi) is 3.35. The van der Waals surface area contributed by atoms with Gasteiger partial charge < -0.3 is 5.73 Å².